The molecule has 1 aliphatic heterocycles. The largest absolute Gasteiger partial charge is 1.00 e. The van der Waals surface area contributed by atoms with Crippen molar-refractivity contribution < 1.29 is 43.8 Å². The first-order valence-corrected chi connectivity index (χ1v) is 10.9. The van der Waals surface area contributed by atoms with Gasteiger partial charge >= 0.3 is 29.6 Å². The SMILES string of the molecule is Cc1cc(Cl)ccc1CCNC(=O)c1ccc(Oc2cc3c(cc2Cl)[CH-]CCO3)cc1.[Na+]. The first kappa shape index (κ1) is 24.8. The van der Waals surface area contributed by atoms with E-state index in [1.165, 1.54) is 0 Å². The van der Waals surface area contributed by atoms with Gasteiger partial charge in [-0.1, -0.05) is 29.3 Å². The zero-order chi connectivity index (χ0) is 21.8. The third-order valence-electron chi connectivity index (χ3n) is 5.13. The monoisotopic (exact) mass is 477 g/mol. The van der Waals surface area contributed by atoms with Crippen LogP contribution in [0.3, 0.4) is 0 Å². The number of hydrogen-bond acceptors (Lipinski definition) is 3. The topological polar surface area (TPSA) is 47.6 Å². The van der Waals surface area contributed by atoms with Crippen molar-refractivity contribution in [2.75, 3.05) is 13.2 Å². The average molecular weight is 478 g/mol. The number of rotatable bonds is 6. The van der Waals surface area contributed by atoms with Crippen LogP contribution in [0.5, 0.6) is 17.2 Å². The molecule has 0 saturated heterocycles. The van der Waals surface area contributed by atoms with Gasteiger partial charge in [-0.25, -0.2) is 0 Å². The molecule has 4 rings (SSSR count). The van der Waals surface area contributed by atoms with Crippen LogP contribution in [0.15, 0.2) is 54.6 Å². The molecule has 0 aromatic heterocycles. The van der Waals surface area contributed by atoms with E-state index in [-0.39, 0.29) is 35.5 Å². The van der Waals surface area contributed by atoms with Crippen LogP contribution in [0.25, 0.3) is 0 Å². The molecule has 160 valence electrons. The standard InChI is InChI=1S/C25H22Cl2NO3.Na/c1-16-13-20(26)7-4-17(16)10-11-28-25(29)18-5-8-21(9-6-18)31-24-15-23-19(14-22(24)27)3-2-12-30-23;/h3-9,13-15H,2,10-12H2,1H3,(H,28,29);/q-1;+1. The first-order chi connectivity index (χ1) is 15.0. The Balaban J connectivity index is 0.00000289. The van der Waals surface area contributed by atoms with Gasteiger partial charge in [-0.05, 0) is 73.4 Å². The second kappa shape index (κ2) is 11.4. The molecule has 1 N–H and O–H groups in total. The van der Waals surface area contributed by atoms with Crippen molar-refractivity contribution in [2.24, 2.45) is 0 Å². The van der Waals surface area contributed by atoms with Crippen LogP contribution < -0.4 is 44.3 Å². The van der Waals surface area contributed by atoms with Crippen LogP contribution in [0.2, 0.25) is 10.0 Å². The molecule has 3 aromatic carbocycles. The van der Waals surface area contributed by atoms with Crippen molar-refractivity contribution in [1.82, 2.24) is 5.32 Å². The van der Waals surface area contributed by atoms with Gasteiger partial charge in [0.25, 0.3) is 5.91 Å². The van der Waals surface area contributed by atoms with E-state index < -0.39 is 0 Å². The Kier molecular flexibility index (Phi) is 8.80. The van der Waals surface area contributed by atoms with Crippen LogP contribution in [0, 0.1) is 13.3 Å². The quantitative estimate of drug-likeness (QED) is 0.437. The average Bonchev–Trinajstić information content (AvgIpc) is 2.76. The summed E-state index contributed by atoms with van der Waals surface area (Å²) in [6.07, 6.45) is 3.70. The molecule has 0 aliphatic carbocycles. The number of ether oxygens (including phenoxy) is 2. The summed E-state index contributed by atoms with van der Waals surface area (Å²) in [6.45, 7) is 3.21. The maximum absolute atomic E-state index is 12.4. The summed E-state index contributed by atoms with van der Waals surface area (Å²) in [5, 5.41) is 4.18. The summed E-state index contributed by atoms with van der Waals surface area (Å²) in [5.74, 6) is 1.74. The van der Waals surface area contributed by atoms with Gasteiger partial charge in [-0.15, -0.1) is 11.6 Å². The molecule has 0 saturated carbocycles. The van der Waals surface area contributed by atoms with Crippen LogP contribution >= 0.6 is 23.2 Å². The molecule has 4 nitrogen and oxygen atoms in total. The van der Waals surface area contributed by atoms with Crippen LogP contribution in [0.1, 0.15) is 33.5 Å². The van der Waals surface area contributed by atoms with E-state index in [1.54, 1.807) is 30.3 Å². The minimum Gasteiger partial charge on any atom is -0.551 e. The molecule has 0 unspecified atom stereocenters. The summed E-state index contributed by atoms with van der Waals surface area (Å²) < 4.78 is 11.6. The van der Waals surface area contributed by atoms with Crippen molar-refractivity contribution in [1.29, 1.82) is 0 Å². The summed E-state index contributed by atoms with van der Waals surface area (Å²) in [5.41, 5.74) is 3.82. The number of halogens is 2. The molecule has 0 atom stereocenters. The van der Waals surface area contributed by atoms with Crippen LogP contribution in [-0.4, -0.2) is 19.1 Å². The fraction of sp³-hybridized carbons (Fsp3) is 0.200. The number of carbonyl (C=O) groups excluding carboxylic acids is 1. The van der Waals surface area contributed by atoms with E-state index in [0.717, 1.165) is 40.3 Å². The number of fused-ring (bicyclic) bond motifs is 1. The van der Waals surface area contributed by atoms with Crippen molar-refractivity contribution in [2.45, 2.75) is 19.8 Å². The normalized spacial score (nSPS) is 12.0. The summed E-state index contributed by atoms with van der Waals surface area (Å²) >= 11 is 12.3. The maximum Gasteiger partial charge on any atom is 1.00 e. The van der Waals surface area contributed by atoms with Gasteiger partial charge < -0.3 is 14.8 Å². The Hall–Kier alpha value is -1.82. The maximum atomic E-state index is 12.4. The molecular weight excluding hydrogens is 456 g/mol. The van der Waals surface area contributed by atoms with Gasteiger partial charge in [-0.3, -0.25) is 4.79 Å². The van der Waals surface area contributed by atoms with E-state index in [1.807, 2.05) is 31.2 Å². The van der Waals surface area contributed by atoms with E-state index in [2.05, 4.69) is 11.7 Å². The number of nitrogens with one attached hydrogen (secondary N) is 1. The molecule has 1 aliphatic rings. The first-order valence-electron chi connectivity index (χ1n) is 10.1. The fourth-order valence-corrected chi connectivity index (χ4v) is 3.89. The van der Waals surface area contributed by atoms with Crippen molar-refractivity contribution in [3.8, 4) is 17.2 Å². The van der Waals surface area contributed by atoms with Gasteiger partial charge in [-0.2, -0.15) is 6.42 Å². The summed E-state index contributed by atoms with van der Waals surface area (Å²) in [4.78, 5) is 12.4. The van der Waals surface area contributed by atoms with Crippen molar-refractivity contribution >= 4 is 29.1 Å². The fourth-order valence-electron chi connectivity index (χ4n) is 3.45. The van der Waals surface area contributed by atoms with Gasteiger partial charge in [0.05, 0.1) is 6.61 Å². The van der Waals surface area contributed by atoms with E-state index >= 15 is 0 Å². The number of carbonyl (C=O) groups is 1. The third-order valence-corrected chi connectivity index (χ3v) is 5.66. The van der Waals surface area contributed by atoms with Crippen LogP contribution in [-0.2, 0) is 6.42 Å². The van der Waals surface area contributed by atoms with E-state index in [4.69, 9.17) is 32.7 Å². The molecule has 1 heterocycles. The Morgan fingerprint density at radius 2 is 1.91 bits per heavy atom. The van der Waals surface area contributed by atoms with Gasteiger partial charge in [0.2, 0.25) is 0 Å². The number of aryl methyl sites for hydroxylation is 1. The number of amides is 1. The molecule has 3 aromatic rings. The minimum atomic E-state index is -0.131. The molecule has 7 heteroatoms. The van der Waals surface area contributed by atoms with Gasteiger partial charge in [0.1, 0.15) is 11.5 Å². The number of benzene rings is 3. The zero-order valence-corrected chi connectivity index (χ0v) is 21.6. The number of hydrogen-bond donors (Lipinski definition) is 1. The molecule has 1 amide bonds. The second-order valence-electron chi connectivity index (χ2n) is 7.36. The smallest absolute Gasteiger partial charge is 0.551 e. The molecule has 0 spiro atoms. The second-order valence-corrected chi connectivity index (χ2v) is 8.21. The molecule has 0 radical (unpaired) electrons. The summed E-state index contributed by atoms with van der Waals surface area (Å²) in [6, 6.07) is 16.4. The van der Waals surface area contributed by atoms with Crippen molar-refractivity contribution in [3.63, 3.8) is 0 Å². The molecule has 32 heavy (non-hydrogen) atoms. The van der Waals surface area contributed by atoms with E-state index in [0.29, 0.717) is 35.2 Å². The van der Waals surface area contributed by atoms with E-state index in [9.17, 15) is 4.79 Å². The summed E-state index contributed by atoms with van der Waals surface area (Å²) in [7, 11) is 0. The Morgan fingerprint density at radius 1 is 1.12 bits per heavy atom. The molecule has 0 fully saturated rings. The molecular formula is C25H22Cl2NNaO3. The third kappa shape index (κ3) is 6.15. The minimum absolute atomic E-state index is 0. The Bertz CT molecular complexity index is 1100. The van der Waals surface area contributed by atoms with Gasteiger partial charge in [0, 0.05) is 27.9 Å². The predicted octanol–water partition coefficient (Wildman–Crippen LogP) is 3.41. The van der Waals surface area contributed by atoms with Crippen LogP contribution in [0.4, 0.5) is 0 Å². The van der Waals surface area contributed by atoms with Gasteiger partial charge in [0.15, 0.2) is 0 Å². The van der Waals surface area contributed by atoms with Crippen molar-refractivity contribution in [3.05, 3.63) is 93.3 Å². The predicted molar refractivity (Wildman–Crippen MR) is 124 cm³/mol. The zero-order valence-electron chi connectivity index (χ0n) is 18.1. The Labute approximate surface area is 220 Å². The Morgan fingerprint density at radius 3 is 2.66 bits per heavy atom. The molecule has 0 bridgehead atoms.